The van der Waals surface area contributed by atoms with E-state index in [0.717, 1.165) is 32.1 Å². The zero-order valence-electron chi connectivity index (χ0n) is 11.1. The second kappa shape index (κ2) is 6.97. The minimum atomic E-state index is -0.793. The van der Waals surface area contributed by atoms with Crippen LogP contribution in [-0.4, -0.2) is 30.7 Å². The molecule has 3 N–H and O–H groups in total. The molecule has 0 aromatic carbocycles. The number of hydrogen-bond acceptors (Lipinski definition) is 3. The smallest absolute Gasteiger partial charge is 0.242 e. The highest BCUT2D eigenvalue weighted by molar-refractivity contribution is 5.86. The molecule has 1 aliphatic rings. The summed E-state index contributed by atoms with van der Waals surface area (Å²) in [5.74, 6) is -0.0375. The van der Waals surface area contributed by atoms with Crippen molar-refractivity contribution in [1.29, 1.82) is 0 Å². The third kappa shape index (κ3) is 4.28. The molecule has 1 aliphatic heterocycles. The van der Waals surface area contributed by atoms with E-state index in [1.807, 2.05) is 0 Å². The zero-order chi connectivity index (χ0) is 12.7. The van der Waals surface area contributed by atoms with Crippen LogP contribution in [0.4, 0.5) is 0 Å². The predicted octanol–water partition coefficient (Wildman–Crippen LogP) is 1.58. The van der Waals surface area contributed by atoms with Crippen LogP contribution in [0.1, 0.15) is 52.4 Å². The van der Waals surface area contributed by atoms with Crippen molar-refractivity contribution in [2.75, 3.05) is 13.2 Å². The first-order valence-electron chi connectivity index (χ1n) is 6.80. The van der Waals surface area contributed by atoms with E-state index in [4.69, 9.17) is 10.5 Å². The fourth-order valence-electron chi connectivity index (χ4n) is 2.18. The molecule has 0 saturated carbocycles. The molecular weight excluding hydrogens is 216 g/mol. The number of nitrogens with two attached hydrogens (primary N) is 1. The molecule has 1 fully saturated rings. The lowest BCUT2D eigenvalue weighted by Crippen LogP contribution is -2.56. The standard InChI is InChI=1S/C13H26N2O2/c1-3-5-7-11(6-4-2)15-12(16)13(14)8-9-17-10-13/h11H,3-10,14H2,1-2H3,(H,15,16). The molecule has 4 heteroatoms. The third-order valence-electron chi connectivity index (χ3n) is 3.38. The lowest BCUT2D eigenvalue weighted by atomic mass is 9.97. The number of carbonyl (C=O) groups is 1. The van der Waals surface area contributed by atoms with Crippen LogP contribution < -0.4 is 11.1 Å². The largest absolute Gasteiger partial charge is 0.379 e. The number of unbranched alkanes of at least 4 members (excludes halogenated alkanes) is 1. The summed E-state index contributed by atoms with van der Waals surface area (Å²) in [5, 5.41) is 3.09. The predicted molar refractivity (Wildman–Crippen MR) is 68.7 cm³/mol. The maximum absolute atomic E-state index is 12.1. The van der Waals surface area contributed by atoms with Crippen molar-refractivity contribution in [3.63, 3.8) is 0 Å². The summed E-state index contributed by atoms with van der Waals surface area (Å²) in [5.41, 5.74) is 5.25. The Morgan fingerprint density at radius 3 is 2.71 bits per heavy atom. The van der Waals surface area contributed by atoms with Crippen molar-refractivity contribution >= 4 is 5.91 Å². The topological polar surface area (TPSA) is 64.4 Å². The van der Waals surface area contributed by atoms with E-state index in [1.165, 1.54) is 0 Å². The van der Waals surface area contributed by atoms with Gasteiger partial charge in [-0.1, -0.05) is 33.1 Å². The van der Waals surface area contributed by atoms with E-state index < -0.39 is 5.54 Å². The molecule has 1 saturated heterocycles. The van der Waals surface area contributed by atoms with Gasteiger partial charge in [0.2, 0.25) is 5.91 Å². The molecule has 0 bridgehead atoms. The number of rotatable bonds is 7. The van der Waals surface area contributed by atoms with Crippen LogP contribution in [0.2, 0.25) is 0 Å². The van der Waals surface area contributed by atoms with Gasteiger partial charge in [0.1, 0.15) is 5.54 Å². The van der Waals surface area contributed by atoms with Gasteiger partial charge in [-0.25, -0.2) is 0 Å². The number of amides is 1. The lowest BCUT2D eigenvalue weighted by molar-refractivity contribution is -0.127. The zero-order valence-corrected chi connectivity index (χ0v) is 11.1. The highest BCUT2D eigenvalue weighted by Crippen LogP contribution is 2.17. The Morgan fingerprint density at radius 1 is 1.41 bits per heavy atom. The Kier molecular flexibility index (Phi) is 5.92. The summed E-state index contributed by atoms with van der Waals surface area (Å²) in [6, 6.07) is 0.272. The Bertz CT molecular complexity index is 238. The van der Waals surface area contributed by atoms with Crippen LogP contribution in [0.5, 0.6) is 0 Å². The van der Waals surface area contributed by atoms with Crippen LogP contribution in [0.15, 0.2) is 0 Å². The second-order valence-corrected chi connectivity index (χ2v) is 5.06. The van der Waals surface area contributed by atoms with E-state index in [9.17, 15) is 4.79 Å². The SMILES string of the molecule is CCCCC(CCC)NC(=O)C1(N)CCOC1. The van der Waals surface area contributed by atoms with Crippen molar-refractivity contribution in [1.82, 2.24) is 5.32 Å². The summed E-state index contributed by atoms with van der Waals surface area (Å²) in [7, 11) is 0. The van der Waals surface area contributed by atoms with Gasteiger partial charge in [-0.3, -0.25) is 4.79 Å². The maximum Gasteiger partial charge on any atom is 0.242 e. The van der Waals surface area contributed by atoms with E-state index in [-0.39, 0.29) is 11.9 Å². The molecule has 0 radical (unpaired) electrons. The Labute approximate surface area is 104 Å². The minimum absolute atomic E-state index is 0.0375. The first kappa shape index (κ1) is 14.5. The summed E-state index contributed by atoms with van der Waals surface area (Å²) in [4.78, 5) is 12.1. The molecule has 0 aromatic heterocycles. The van der Waals surface area contributed by atoms with Crippen LogP contribution in [0.3, 0.4) is 0 Å². The average molecular weight is 242 g/mol. The highest BCUT2D eigenvalue weighted by Gasteiger charge is 2.38. The van der Waals surface area contributed by atoms with Gasteiger partial charge in [-0.15, -0.1) is 0 Å². The monoisotopic (exact) mass is 242 g/mol. The second-order valence-electron chi connectivity index (χ2n) is 5.06. The van der Waals surface area contributed by atoms with Gasteiger partial charge in [-0.05, 0) is 19.3 Å². The fraction of sp³-hybridized carbons (Fsp3) is 0.923. The third-order valence-corrected chi connectivity index (χ3v) is 3.38. The summed E-state index contributed by atoms with van der Waals surface area (Å²) in [6.45, 7) is 5.25. The van der Waals surface area contributed by atoms with Crippen molar-refractivity contribution < 1.29 is 9.53 Å². The molecule has 17 heavy (non-hydrogen) atoms. The van der Waals surface area contributed by atoms with E-state index in [0.29, 0.717) is 19.6 Å². The fourth-order valence-corrected chi connectivity index (χ4v) is 2.18. The molecule has 1 rings (SSSR count). The van der Waals surface area contributed by atoms with E-state index >= 15 is 0 Å². The molecule has 0 spiro atoms. The molecule has 100 valence electrons. The van der Waals surface area contributed by atoms with Crippen LogP contribution in [0, 0.1) is 0 Å². The molecule has 0 aromatic rings. The minimum Gasteiger partial charge on any atom is -0.379 e. The highest BCUT2D eigenvalue weighted by atomic mass is 16.5. The Morgan fingerprint density at radius 2 is 2.18 bits per heavy atom. The molecule has 0 aliphatic carbocycles. The number of hydrogen-bond donors (Lipinski definition) is 2. The van der Waals surface area contributed by atoms with Gasteiger partial charge >= 0.3 is 0 Å². The van der Waals surface area contributed by atoms with E-state index in [1.54, 1.807) is 0 Å². The Hall–Kier alpha value is -0.610. The van der Waals surface area contributed by atoms with Crippen molar-refractivity contribution in [2.45, 2.75) is 64.0 Å². The number of nitrogens with one attached hydrogen (secondary N) is 1. The quantitative estimate of drug-likeness (QED) is 0.712. The molecule has 1 heterocycles. The lowest BCUT2D eigenvalue weighted by Gasteiger charge is -2.25. The summed E-state index contributed by atoms with van der Waals surface area (Å²) in [6.07, 6.45) is 6.11. The number of ether oxygens (including phenoxy) is 1. The van der Waals surface area contributed by atoms with Crippen molar-refractivity contribution in [2.24, 2.45) is 5.73 Å². The van der Waals surface area contributed by atoms with Crippen LogP contribution in [-0.2, 0) is 9.53 Å². The van der Waals surface area contributed by atoms with Gasteiger partial charge in [0, 0.05) is 12.6 Å². The summed E-state index contributed by atoms with van der Waals surface area (Å²) < 4.78 is 5.22. The molecule has 2 atom stereocenters. The first-order valence-corrected chi connectivity index (χ1v) is 6.80. The Balaban J connectivity index is 2.44. The van der Waals surface area contributed by atoms with Gasteiger partial charge in [-0.2, -0.15) is 0 Å². The average Bonchev–Trinajstić information content (AvgIpc) is 2.74. The summed E-state index contributed by atoms with van der Waals surface area (Å²) >= 11 is 0. The molecule has 2 unspecified atom stereocenters. The van der Waals surface area contributed by atoms with Gasteiger partial charge in [0.25, 0.3) is 0 Å². The molecule has 1 amide bonds. The normalized spacial score (nSPS) is 25.8. The van der Waals surface area contributed by atoms with Gasteiger partial charge < -0.3 is 15.8 Å². The van der Waals surface area contributed by atoms with Crippen molar-refractivity contribution in [3.05, 3.63) is 0 Å². The van der Waals surface area contributed by atoms with E-state index in [2.05, 4.69) is 19.2 Å². The molecular formula is C13H26N2O2. The van der Waals surface area contributed by atoms with Crippen molar-refractivity contribution in [3.8, 4) is 0 Å². The van der Waals surface area contributed by atoms with Crippen LogP contribution in [0.25, 0.3) is 0 Å². The number of carbonyl (C=O) groups excluding carboxylic acids is 1. The van der Waals surface area contributed by atoms with Crippen LogP contribution >= 0.6 is 0 Å². The first-order chi connectivity index (χ1) is 8.12. The maximum atomic E-state index is 12.1. The van der Waals surface area contributed by atoms with Gasteiger partial charge in [0.05, 0.1) is 6.61 Å². The van der Waals surface area contributed by atoms with Gasteiger partial charge in [0.15, 0.2) is 0 Å². The molecule has 4 nitrogen and oxygen atoms in total.